The zero-order valence-electron chi connectivity index (χ0n) is 9.71. The lowest BCUT2D eigenvalue weighted by molar-refractivity contribution is -0.120. The molecule has 2 amide bonds. The number of imide groups is 1. The van der Waals surface area contributed by atoms with Gasteiger partial charge < -0.3 is 0 Å². The molecule has 5 nitrogen and oxygen atoms in total. The molecule has 1 N–H and O–H groups in total. The van der Waals surface area contributed by atoms with Crippen LogP contribution in [-0.4, -0.2) is 22.0 Å². The molecule has 1 aromatic heterocycles. The van der Waals surface area contributed by atoms with Crippen LogP contribution in [0.5, 0.6) is 0 Å². The first kappa shape index (κ1) is 10.6. The molecule has 0 spiro atoms. The summed E-state index contributed by atoms with van der Waals surface area (Å²) in [6.45, 7) is 6.89. The standard InChI is InChI=1S/C11H13N3O2/c1-5-6(2)11(16)14(10(5)15)9-7(3)12-13-8(9)4/h1-4H3,(H,12,13). The molecule has 2 rings (SSSR count). The predicted octanol–water partition coefficient (Wildman–Crippen LogP) is 1.24. The van der Waals surface area contributed by atoms with Crippen LogP contribution in [0.25, 0.3) is 0 Å². The van der Waals surface area contributed by atoms with E-state index in [-0.39, 0.29) is 11.8 Å². The topological polar surface area (TPSA) is 66.1 Å². The smallest absolute Gasteiger partial charge is 0.261 e. The Balaban J connectivity index is 2.54. The number of carbonyl (C=O) groups excluding carboxylic acids is 2. The third-order valence-electron chi connectivity index (χ3n) is 2.92. The Morgan fingerprint density at radius 1 is 1.00 bits per heavy atom. The van der Waals surface area contributed by atoms with Crippen molar-refractivity contribution >= 4 is 17.5 Å². The second-order valence-corrected chi connectivity index (χ2v) is 3.98. The molecule has 1 aliphatic rings. The van der Waals surface area contributed by atoms with E-state index in [1.165, 1.54) is 4.90 Å². The van der Waals surface area contributed by atoms with Crippen molar-refractivity contribution in [2.75, 3.05) is 4.90 Å². The number of H-pyrrole nitrogens is 1. The Kier molecular flexibility index (Phi) is 2.18. The highest BCUT2D eigenvalue weighted by Crippen LogP contribution is 2.30. The maximum absolute atomic E-state index is 11.9. The van der Waals surface area contributed by atoms with E-state index in [9.17, 15) is 9.59 Å². The van der Waals surface area contributed by atoms with Crippen molar-refractivity contribution < 1.29 is 9.59 Å². The molecule has 5 heteroatoms. The molecule has 1 aromatic rings. The summed E-state index contributed by atoms with van der Waals surface area (Å²) in [7, 11) is 0. The average Bonchev–Trinajstić information content (AvgIpc) is 2.65. The van der Waals surface area contributed by atoms with E-state index in [4.69, 9.17) is 0 Å². The monoisotopic (exact) mass is 219 g/mol. The zero-order valence-corrected chi connectivity index (χ0v) is 9.71. The lowest BCUT2D eigenvalue weighted by atomic mass is 10.2. The molecular weight excluding hydrogens is 206 g/mol. The summed E-state index contributed by atoms with van der Waals surface area (Å²) in [4.78, 5) is 25.1. The van der Waals surface area contributed by atoms with Crippen molar-refractivity contribution in [2.24, 2.45) is 0 Å². The number of hydrogen-bond acceptors (Lipinski definition) is 3. The minimum atomic E-state index is -0.255. The van der Waals surface area contributed by atoms with E-state index in [2.05, 4.69) is 10.2 Å². The quantitative estimate of drug-likeness (QED) is 0.722. The fourth-order valence-electron chi connectivity index (χ4n) is 1.83. The normalized spacial score (nSPS) is 16.6. The van der Waals surface area contributed by atoms with Gasteiger partial charge in [0, 0.05) is 11.1 Å². The van der Waals surface area contributed by atoms with E-state index in [0.717, 1.165) is 5.69 Å². The molecule has 16 heavy (non-hydrogen) atoms. The van der Waals surface area contributed by atoms with Crippen LogP contribution in [0.2, 0.25) is 0 Å². The number of nitrogens with one attached hydrogen (secondary N) is 1. The number of nitrogens with zero attached hydrogens (tertiary/aromatic N) is 2. The number of aromatic amines is 1. The van der Waals surface area contributed by atoms with Gasteiger partial charge in [-0.1, -0.05) is 0 Å². The summed E-state index contributed by atoms with van der Waals surface area (Å²) in [5, 5.41) is 6.76. The first-order valence-corrected chi connectivity index (χ1v) is 5.03. The van der Waals surface area contributed by atoms with E-state index in [1.54, 1.807) is 27.7 Å². The number of aryl methyl sites for hydroxylation is 2. The van der Waals surface area contributed by atoms with Gasteiger partial charge in [0.25, 0.3) is 11.8 Å². The maximum Gasteiger partial charge on any atom is 0.261 e. The summed E-state index contributed by atoms with van der Waals surface area (Å²) in [6, 6.07) is 0. The predicted molar refractivity (Wildman–Crippen MR) is 58.9 cm³/mol. The second kappa shape index (κ2) is 3.30. The lowest BCUT2D eigenvalue weighted by Gasteiger charge is -2.14. The van der Waals surface area contributed by atoms with Crippen LogP contribution in [0.15, 0.2) is 11.1 Å². The summed E-state index contributed by atoms with van der Waals surface area (Å²) in [6.07, 6.45) is 0. The molecule has 0 saturated carbocycles. The summed E-state index contributed by atoms with van der Waals surface area (Å²) < 4.78 is 0. The van der Waals surface area contributed by atoms with Gasteiger partial charge in [0.2, 0.25) is 0 Å². The Bertz CT molecular complexity index is 482. The second-order valence-electron chi connectivity index (χ2n) is 3.98. The zero-order chi connectivity index (χ0) is 12.0. The lowest BCUT2D eigenvalue weighted by Crippen LogP contribution is -2.32. The van der Waals surface area contributed by atoms with Crippen molar-refractivity contribution in [2.45, 2.75) is 27.7 Å². The van der Waals surface area contributed by atoms with Gasteiger partial charge in [-0.3, -0.25) is 14.7 Å². The van der Waals surface area contributed by atoms with Crippen molar-refractivity contribution in [1.29, 1.82) is 0 Å². The highest BCUT2D eigenvalue weighted by atomic mass is 16.2. The van der Waals surface area contributed by atoms with E-state index in [0.29, 0.717) is 22.5 Å². The fourth-order valence-corrected chi connectivity index (χ4v) is 1.83. The molecule has 0 saturated heterocycles. The van der Waals surface area contributed by atoms with Crippen LogP contribution in [0.4, 0.5) is 5.69 Å². The van der Waals surface area contributed by atoms with E-state index < -0.39 is 0 Å². The number of amides is 2. The van der Waals surface area contributed by atoms with Crippen LogP contribution < -0.4 is 4.90 Å². The van der Waals surface area contributed by atoms with Crippen molar-refractivity contribution in [3.8, 4) is 0 Å². The molecule has 1 aliphatic heterocycles. The van der Waals surface area contributed by atoms with Crippen LogP contribution >= 0.6 is 0 Å². The van der Waals surface area contributed by atoms with Crippen LogP contribution in [0, 0.1) is 13.8 Å². The number of aromatic nitrogens is 2. The number of rotatable bonds is 1. The summed E-state index contributed by atoms with van der Waals surface area (Å²) in [5.41, 5.74) is 2.96. The molecule has 0 unspecified atom stereocenters. The molecular formula is C11H13N3O2. The fraction of sp³-hybridized carbons (Fsp3) is 0.364. The van der Waals surface area contributed by atoms with E-state index in [1.807, 2.05) is 0 Å². The number of anilines is 1. The van der Waals surface area contributed by atoms with Gasteiger partial charge in [-0.15, -0.1) is 0 Å². The first-order valence-electron chi connectivity index (χ1n) is 5.03. The molecule has 0 aromatic carbocycles. The number of carbonyl (C=O) groups is 2. The number of hydrogen-bond donors (Lipinski definition) is 1. The average molecular weight is 219 g/mol. The minimum absolute atomic E-state index is 0.255. The van der Waals surface area contributed by atoms with Gasteiger partial charge in [0.05, 0.1) is 17.1 Å². The molecule has 0 aliphatic carbocycles. The molecule has 0 bridgehead atoms. The van der Waals surface area contributed by atoms with Gasteiger partial charge >= 0.3 is 0 Å². The van der Waals surface area contributed by atoms with E-state index >= 15 is 0 Å². The molecule has 2 heterocycles. The van der Waals surface area contributed by atoms with Crippen molar-refractivity contribution in [1.82, 2.24) is 10.2 Å². The van der Waals surface area contributed by atoms with Crippen LogP contribution in [0.1, 0.15) is 25.2 Å². The third kappa shape index (κ3) is 1.21. The Morgan fingerprint density at radius 3 is 1.88 bits per heavy atom. The minimum Gasteiger partial charge on any atom is -0.280 e. The Morgan fingerprint density at radius 2 is 1.50 bits per heavy atom. The Labute approximate surface area is 93.1 Å². The SMILES string of the molecule is CC1=C(C)C(=O)N(c2c(C)n[nH]c2C)C1=O. The largest absolute Gasteiger partial charge is 0.280 e. The van der Waals surface area contributed by atoms with Crippen LogP contribution in [0.3, 0.4) is 0 Å². The molecule has 0 fully saturated rings. The highest BCUT2D eigenvalue weighted by molar-refractivity contribution is 6.32. The van der Waals surface area contributed by atoms with Gasteiger partial charge in [0.1, 0.15) is 0 Å². The van der Waals surface area contributed by atoms with Gasteiger partial charge in [-0.25, -0.2) is 4.90 Å². The highest BCUT2D eigenvalue weighted by Gasteiger charge is 2.36. The third-order valence-corrected chi connectivity index (χ3v) is 2.92. The first-order chi connectivity index (χ1) is 7.45. The molecule has 84 valence electrons. The van der Waals surface area contributed by atoms with Gasteiger partial charge in [-0.2, -0.15) is 5.10 Å². The van der Waals surface area contributed by atoms with Crippen LogP contribution in [-0.2, 0) is 9.59 Å². The summed E-state index contributed by atoms with van der Waals surface area (Å²) >= 11 is 0. The van der Waals surface area contributed by atoms with Gasteiger partial charge in [-0.05, 0) is 27.7 Å². The molecule has 0 atom stereocenters. The van der Waals surface area contributed by atoms with Crippen molar-refractivity contribution in [3.05, 3.63) is 22.5 Å². The summed E-state index contributed by atoms with van der Waals surface area (Å²) in [5.74, 6) is -0.509. The molecule has 0 radical (unpaired) electrons. The Hall–Kier alpha value is -1.91. The van der Waals surface area contributed by atoms with Crippen molar-refractivity contribution in [3.63, 3.8) is 0 Å². The van der Waals surface area contributed by atoms with Gasteiger partial charge in [0.15, 0.2) is 0 Å². The maximum atomic E-state index is 11.9.